The van der Waals surface area contributed by atoms with Gasteiger partial charge in [0.05, 0.1) is 5.60 Å². The SMILES string of the molecule is Cc1nccc(N[C@H]2CCO[C@]3(CCSC3)C2)n1. The van der Waals surface area contributed by atoms with Gasteiger partial charge in [0.15, 0.2) is 0 Å². The van der Waals surface area contributed by atoms with Crippen LogP contribution < -0.4 is 5.32 Å². The Bertz CT molecular complexity index is 420. The van der Waals surface area contributed by atoms with Crippen molar-refractivity contribution in [2.75, 3.05) is 23.4 Å². The summed E-state index contributed by atoms with van der Waals surface area (Å²) in [7, 11) is 0. The van der Waals surface area contributed by atoms with Crippen molar-refractivity contribution in [3.8, 4) is 0 Å². The smallest absolute Gasteiger partial charge is 0.129 e. The molecule has 4 nitrogen and oxygen atoms in total. The quantitative estimate of drug-likeness (QED) is 0.888. The number of hydrogen-bond donors (Lipinski definition) is 1. The second-order valence-corrected chi connectivity index (χ2v) is 6.26. The molecule has 1 aromatic rings. The number of hydrogen-bond acceptors (Lipinski definition) is 5. The molecule has 0 aliphatic carbocycles. The Morgan fingerprint density at radius 1 is 1.56 bits per heavy atom. The van der Waals surface area contributed by atoms with Gasteiger partial charge in [-0.25, -0.2) is 9.97 Å². The minimum atomic E-state index is 0.128. The Morgan fingerprint density at radius 3 is 3.28 bits per heavy atom. The first-order valence-corrected chi connectivity index (χ1v) is 7.69. The first-order valence-electron chi connectivity index (χ1n) is 6.54. The van der Waals surface area contributed by atoms with Crippen LogP contribution in [0.2, 0.25) is 0 Å². The van der Waals surface area contributed by atoms with Gasteiger partial charge >= 0.3 is 0 Å². The van der Waals surface area contributed by atoms with E-state index >= 15 is 0 Å². The van der Waals surface area contributed by atoms with Gasteiger partial charge in [-0.05, 0) is 38.0 Å². The molecule has 3 rings (SSSR count). The molecule has 0 radical (unpaired) electrons. The van der Waals surface area contributed by atoms with Crippen molar-refractivity contribution in [3.05, 3.63) is 18.1 Å². The van der Waals surface area contributed by atoms with E-state index in [2.05, 4.69) is 15.3 Å². The minimum absolute atomic E-state index is 0.128. The van der Waals surface area contributed by atoms with Gasteiger partial charge in [-0.1, -0.05) is 0 Å². The zero-order chi connectivity index (χ0) is 12.4. The summed E-state index contributed by atoms with van der Waals surface area (Å²) >= 11 is 2.01. The number of nitrogens with one attached hydrogen (secondary N) is 1. The third kappa shape index (κ3) is 2.62. The molecule has 2 fully saturated rings. The molecule has 2 aliphatic heterocycles. The lowest BCUT2D eigenvalue weighted by atomic mass is 9.90. The van der Waals surface area contributed by atoms with Gasteiger partial charge in [-0.3, -0.25) is 0 Å². The molecule has 1 spiro atoms. The van der Waals surface area contributed by atoms with Crippen LogP contribution in [0.25, 0.3) is 0 Å². The number of ether oxygens (including phenoxy) is 1. The first kappa shape index (κ1) is 12.2. The number of anilines is 1. The third-order valence-corrected chi connectivity index (χ3v) is 4.91. The highest BCUT2D eigenvalue weighted by Gasteiger charge is 2.40. The van der Waals surface area contributed by atoms with Crippen molar-refractivity contribution >= 4 is 17.6 Å². The summed E-state index contributed by atoms with van der Waals surface area (Å²) in [6.07, 6.45) is 5.17. The average molecular weight is 265 g/mol. The molecule has 18 heavy (non-hydrogen) atoms. The standard InChI is InChI=1S/C13H19N3OS/c1-10-14-5-2-12(15-10)16-11-3-6-17-13(8-11)4-7-18-9-13/h2,5,11H,3-4,6-9H2,1H3,(H,14,15,16)/t11-,13+/m0/s1. The summed E-state index contributed by atoms with van der Waals surface area (Å²) in [5.41, 5.74) is 0.128. The Balaban J connectivity index is 1.66. The molecular weight excluding hydrogens is 246 g/mol. The van der Waals surface area contributed by atoms with E-state index in [-0.39, 0.29) is 5.60 Å². The van der Waals surface area contributed by atoms with Crippen molar-refractivity contribution in [2.45, 2.75) is 37.8 Å². The van der Waals surface area contributed by atoms with Gasteiger partial charge in [0.2, 0.25) is 0 Å². The summed E-state index contributed by atoms with van der Waals surface area (Å²) in [5, 5.41) is 3.53. The predicted octanol–water partition coefficient (Wildman–Crippen LogP) is 2.25. The van der Waals surface area contributed by atoms with Gasteiger partial charge in [0.25, 0.3) is 0 Å². The van der Waals surface area contributed by atoms with Gasteiger partial charge in [0, 0.05) is 24.6 Å². The lowest BCUT2D eigenvalue weighted by Crippen LogP contribution is -2.44. The zero-order valence-corrected chi connectivity index (χ0v) is 11.5. The molecule has 2 atom stereocenters. The summed E-state index contributed by atoms with van der Waals surface area (Å²) in [5.74, 6) is 4.14. The van der Waals surface area contributed by atoms with Crippen LogP contribution in [0, 0.1) is 6.92 Å². The number of thioether (sulfide) groups is 1. The maximum absolute atomic E-state index is 6.02. The van der Waals surface area contributed by atoms with E-state index in [1.54, 1.807) is 0 Å². The largest absolute Gasteiger partial charge is 0.374 e. The molecule has 0 bridgehead atoms. The van der Waals surface area contributed by atoms with Crippen LogP contribution in [0.3, 0.4) is 0 Å². The van der Waals surface area contributed by atoms with Gasteiger partial charge in [0.1, 0.15) is 11.6 Å². The van der Waals surface area contributed by atoms with Crippen LogP contribution >= 0.6 is 11.8 Å². The Kier molecular flexibility index (Phi) is 3.43. The van der Waals surface area contributed by atoms with Crippen LogP contribution in [0.5, 0.6) is 0 Å². The fourth-order valence-electron chi connectivity index (χ4n) is 2.76. The van der Waals surface area contributed by atoms with E-state index in [1.807, 2.05) is 30.9 Å². The summed E-state index contributed by atoms with van der Waals surface area (Å²) < 4.78 is 6.02. The predicted molar refractivity (Wildman–Crippen MR) is 74.0 cm³/mol. The van der Waals surface area contributed by atoms with Crippen LogP contribution in [0.1, 0.15) is 25.1 Å². The van der Waals surface area contributed by atoms with Crippen molar-refractivity contribution in [2.24, 2.45) is 0 Å². The number of aromatic nitrogens is 2. The van der Waals surface area contributed by atoms with E-state index in [0.717, 1.165) is 36.8 Å². The lowest BCUT2D eigenvalue weighted by molar-refractivity contribution is -0.0628. The third-order valence-electron chi connectivity index (χ3n) is 3.69. The van der Waals surface area contributed by atoms with Crippen molar-refractivity contribution < 1.29 is 4.74 Å². The number of aryl methyl sites for hydroxylation is 1. The minimum Gasteiger partial charge on any atom is -0.374 e. The van der Waals surface area contributed by atoms with E-state index in [4.69, 9.17) is 4.74 Å². The van der Waals surface area contributed by atoms with E-state index in [9.17, 15) is 0 Å². The highest BCUT2D eigenvalue weighted by atomic mass is 32.2. The molecule has 0 aromatic carbocycles. The van der Waals surface area contributed by atoms with Gasteiger partial charge in [-0.15, -0.1) is 0 Å². The van der Waals surface area contributed by atoms with Crippen molar-refractivity contribution in [1.82, 2.24) is 9.97 Å². The monoisotopic (exact) mass is 265 g/mol. The Labute approximate surface area is 112 Å². The van der Waals surface area contributed by atoms with Gasteiger partial charge < -0.3 is 10.1 Å². The fourth-order valence-corrected chi connectivity index (χ4v) is 4.14. The molecule has 1 aromatic heterocycles. The molecule has 0 unspecified atom stereocenters. The second kappa shape index (κ2) is 5.05. The summed E-state index contributed by atoms with van der Waals surface area (Å²) in [4.78, 5) is 8.54. The fraction of sp³-hybridized carbons (Fsp3) is 0.692. The molecule has 98 valence electrons. The zero-order valence-electron chi connectivity index (χ0n) is 10.7. The highest BCUT2D eigenvalue weighted by Crippen LogP contribution is 2.38. The molecule has 3 heterocycles. The van der Waals surface area contributed by atoms with Crippen molar-refractivity contribution in [1.29, 1.82) is 0 Å². The van der Waals surface area contributed by atoms with E-state index in [0.29, 0.717) is 6.04 Å². The molecule has 2 saturated heterocycles. The molecule has 0 saturated carbocycles. The number of rotatable bonds is 2. The molecule has 1 N–H and O–H groups in total. The van der Waals surface area contributed by atoms with Gasteiger partial charge in [-0.2, -0.15) is 11.8 Å². The average Bonchev–Trinajstić information content (AvgIpc) is 2.77. The lowest BCUT2D eigenvalue weighted by Gasteiger charge is -2.38. The maximum atomic E-state index is 6.02. The van der Waals surface area contributed by atoms with Crippen LogP contribution in [-0.2, 0) is 4.74 Å². The second-order valence-electron chi connectivity index (χ2n) is 5.16. The number of nitrogens with zero attached hydrogens (tertiary/aromatic N) is 2. The van der Waals surface area contributed by atoms with E-state index in [1.165, 1.54) is 12.2 Å². The molecule has 0 amide bonds. The topological polar surface area (TPSA) is 47.0 Å². The summed E-state index contributed by atoms with van der Waals surface area (Å²) in [6, 6.07) is 2.42. The summed E-state index contributed by atoms with van der Waals surface area (Å²) in [6.45, 7) is 2.78. The molecular formula is C13H19N3OS. The van der Waals surface area contributed by atoms with Crippen molar-refractivity contribution in [3.63, 3.8) is 0 Å². The maximum Gasteiger partial charge on any atom is 0.129 e. The Morgan fingerprint density at radius 2 is 2.50 bits per heavy atom. The highest BCUT2D eigenvalue weighted by molar-refractivity contribution is 7.99. The van der Waals surface area contributed by atoms with Crippen LogP contribution in [0.4, 0.5) is 5.82 Å². The Hall–Kier alpha value is -0.810. The molecule has 2 aliphatic rings. The van der Waals surface area contributed by atoms with Crippen LogP contribution in [0.15, 0.2) is 12.3 Å². The van der Waals surface area contributed by atoms with Crippen LogP contribution in [-0.4, -0.2) is 39.7 Å². The normalized spacial score (nSPS) is 31.7. The first-order chi connectivity index (χ1) is 8.76. The molecule has 5 heteroatoms. The van der Waals surface area contributed by atoms with E-state index < -0.39 is 0 Å².